The average molecular weight is 508 g/mol. The van der Waals surface area contributed by atoms with Crippen molar-refractivity contribution < 1.29 is 4.79 Å². The first-order chi connectivity index (χ1) is 18.7. The Morgan fingerprint density at radius 1 is 0.868 bits per heavy atom. The first kappa shape index (κ1) is 26.1. The minimum absolute atomic E-state index is 0.0748. The maximum Gasteiger partial charge on any atom is 0.258 e. The van der Waals surface area contributed by atoms with Gasteiger partial charge in [0, 0.05) is 42.4 Å². The highest BCUT2D eigenvalue weighted by atomic mass is 16.2. The van der Waals surface area contributed by atoms with Crippen LogP contribution in [0.3, 0.4) is 0 Å². The normalized spacial score (nSPS) is 12.9. The highest BCUT2D eigenvalue weighted by molar-refractivity contribution is 5.98. The highest BCUT2D eigenvalue weighted by Crippen LogP contribution is 2.35. The number of pyridine rings is 2. The lowest BCUT2D eigenvalue weighted by atomic mass is 10.1. The van der Waals surface area contributed by atoms with Gasteiger partial charge in [0.25, 0.3) is 5.91 Å². The molecule has 1 unspecified atom stereocenters. The predicted octanol–water partition coefficient (Wildman–Crippen LogP) is 5.74. The number of rotatable bonds is 5. The number of hydrogen-bond donors (Lipinski definition) is 2. The number of para-hydroxylation sites is 2. The Morgan fingerprint density at radius 2 is 1.58 bits per heavy atom. The van der Waals surface area contributed by atoms with E-state index in [2.05, 4.69) is 60.0 Å². The van der Waals surface area contributed by atoms with Crippen LogP contribution in [-0.4, -0.2) is 44.4 Å². The topological polar surface area (TPSA) is 124 Å². The molecule has 0 saturated carbocycles. The Kier molecular flexibility index (Phi) is 9.17. The lowest BCUT2D eigenvalue weighted by Gasteiger charge is -2.22. The second kappa shape index (κ2) is 13.4. The van der Waals surface area contributed by atoms with Crippen molar-refractivity contribution in [2.45, 2.75) is 19.9 Å². The number of nitrogens with zero attached hydrogens (tertiary/aromatic N) is 7. The molecule has 0 bridgehead atoms. The molecule has 2 N–H and O–H groups in total. The third-order valence-electron chi connectivity index (χ3n) is 5.51. The van der Waals surface area contributed by atoms with Gasteiger partial charge >= 0.3 is 0 Å². The largest absolute Gasteiger partial charge is 0.385 e. The van der Waals surface area contributed by atoms with Gasteiger partial charge in [0.15, 0.2) is 11.9 Å². The van der Waals surface area contributed by atoms with Crippen LogP contribution in [0.2, 0.25) is 0 Å². The molecule has 3 aromatic heterocycles. The zero-order valence-corrected chi connectivity index (χ0v) is 21.3. The number of carbonyl (C=O) groups is 1. The van der Waals surface area contributed by atoms with Crippen LogP contribution in [0.4, 0.5) is 17.2 Å². The van der Waals surface area contributed by atoms with E-state index < -0.39 is 6.04 Å². The first-order valence-electron chi connectivity index (χ1n) is 12.3. The van der Waals surface area contributed by atoms with Crippen LogP contribution in [0.25, 0.3) is 11.2 Å². The third kappa shape index (κ3) is 6.61. The number of fused-ring (bicyclic) bond motifs is 2. The Balaban J connectivity index is 0.000000154. The van der Waals surface area contributed by atoms with Gasteiger partial charge in [-0.1, -0.05) is 42.5 Å². The van der Waals surface area contributed by atoms with Gasteiger partial charge in [-0.15, -0.1) is 10.2 Å². The van der Waals surface area contributed by atoms with E-state index in [-0.39, 0.29) is 5.91 Å². The average Bonchev–Trinajstić information content (AvgIpc) is 3.63. The third-order valence-corrected chi connectivity index (χ3v) is 5.51. The molecule has 0 fully saturated rings. The van der Waals surface area contributed by atoms with Gasteiger partial charge in [0.05, 0.1) is 0 Å². The number of amides is 1. The van der Waals surface area contributed by atoms with Crippen LogP contribution >= 0.6 is 0 Å². The molecule has 0 radical (unpaired) electrons. The maximum absolute atomic E-state index is 12.7. The smallest absolute Gasteiger partial charge is 0.258 e. The van der Waals surface area contributed by atoms with Crippen molar-refractivity contribution >= 4 is 34.3 Å². The van der Waals surface area contributed by atoms with Gasteiger partial charge in [0.2, 0.25) is 5.65 Å². The number of anilines is 2. The molecule has 192 valence electrons. The fourth-order valence-electron chi connectivity index (χ4n) is 3.73. The fourth-order valence-corrected chi connectivity index (χ4v) is 3.73. The number of carbonyl (C=O) groups excluding carboxylic acids is 1. The summed E-state index contributed by atoms with van der Waals surface area (Å²) in [6.45, 7) is 5.61. The van der Waals surface area contributed by atoms with Crippen LogP contribution in [0.5, 0.6) is 0 Å². The molecule has 4 heterocycles. The molecular weight excluding hydrogens is 478 g/mol. The molecule has 1 amide bonds. The van der Waals surface area contributed by atoms with Crippen molar-refractivity contribution in [2.24, 2.45) is 10.2 Å². The Hall–Kier alpha value is -4.99. The zero-order valence-electron chi connectivity index (χ0n) is 21.3. The van der Waals surface area contributed by atoms with E-state index in [1.54, 1.807) is 23.4 Å². The van der Waals surface area contributed by atoms with E-state index in [0.717, 1.165) is 23.3 Å². The summed E-state index contributed by atoms with van der Waals surface area (Å²) in [7, 11) is 0. The monoisotopic (exact) mass is 507 g/mol. The second-order valence-corrected chi connectivity index (χ2v) is 8.02. The summed E-state index contributed by atoms with van der Waals surface area (Å²) in [5.41, 5.74) is 4.30. The lowest BCUT2D eigenvalue weighted by Crippen LogP contribution is -2.34. The first-order valence-corrected chi connectivity index (χ1v) is 12.3. The van der Waals surface area contributed by atoms with Gasteiger partial charge < -0.3 is 10.2 Å². The summed E-state index contributed by atoms with van der Waals surface area (Å²) >= 11 is 0. The summed E-state index contributed by atoms with van der Waals surface area (Å²) in [5, 5.41) is 21.3. The highest BCUT2D eigenvalue weighted by Gasteiger charge is 2.31. The van der Waals surface area contributed by atoms with Crippen molar-refractivity contribution in [3.63, 3.8) is 0 Å². The Morgan fingerprint density at radius 3 is 2.29 bits per heavy atom. The molecule has 38 heavy (non-hydrogen) atoms. The van der Waals surface area contributed by atoms with E-state index in [4.69, 9.17) is 0 Å². The molecule has 6 rings (SSSR count). The number of hydrogen-bond acceptors (Lipinski definition) is 8. The number of aromatic nitrogens is 5. The molecule has 0 spiro atoms. The molecule has 10 nitrogen and oxygen atoms in total. The van der Waals surface area contributed by atoms with E-state index in [1.165, 1.54) is 5.69 Å². The molecule has 2 aromatic carbocycles. The fraction of sp³-hybridized carbons (Fsp3) is 0.179. The van der Waals surface area contributed by atoms with Gasteiger partial charge in [0.1, 0.15) is 5.52 Å². The molecule has 1 atom stereocenters. The number of azo groups is 1. The van der Waals surface area contributed by atoms with E-state index in [1.807, 2.05) is 73.7 Å². The van der Waals surface area contributed by atoms with E-state index in [0.29, 0.717) is 18.0 Å². The SMILES string of the molecule is CCN(C(=O)C1N=Nc2ncccc21)c1ccccc1.CCNc1ccccc1.c1cnc2n[nH]nc2c1. The number of benzene rings is 2. The van der Waals surface area contributed by atoms with Crippen molar-refractivity contribution in [3.05, 3.63) is 103 Å². The minimum Gasteiger partial charge on any atom is -0.385 e. The molecular formula is C28H29N9O. The van der Waals surface area contributed by atoms with Gasteiger partial charge in [-0.2, -0.15) is 15.4 Å². The Labute approximate surface area is 220 Å². The van der Waals surface area contributed by atoms with Crippen LogP contribution in [0.1, 0.15) is 25.5 Å². The molecule has 0 saturated heterocycles. The molecule has 1 aliphatic rings. The number of H-pyrrole nitrogens is 1. The maximum atomic E-state index is 12.7. The van der Waals surface area contributed by atoms with E-state index in [9.17, 15) is 4.79 Å². The summed E-state index contributed by atoms with van der Waals surface area (Å²) in [5.74, 6) is 0.462. The second-order valence-electron chi connectivity index (χ2n) is 8.02. The summed E-state index contributed by atoms with van der Waals surface area (Å²) in [4.78, 5) is 22.5. The van der Waals surface area contributed by atoms with Crippen LogP contribution in [-0.2, 0) is 4.79 Å². The standard InChI is InChI=1S/C15H14N4O.C8H11N.C5H4N4/c1-2-19(11-7-4-3-5-8-11)15(20)13-12-9-6-10-16-14(12)18-17-13;1-2-9-8-6-4-3-5-7-8;1-2-4-5(6-3-1)8-9-7-4/h3-10,13H,2H2,1H3;3-7,9H,2H2,1H3;1-3H,(H,6,7,8,9). The lowest BCUT2D eigenvalue weighted by molar-refractivity contribution is -0.119. The number of aromatic amines is 1. The van der Waals surface area contributed by atoms with Crippen molar-refractivity contribution in [2.75, 3.05) is 23.3 Å². The molecule has 1 aliphatic heterocycles. The molecule has 5 aromatic rings. The number of likely N-dealkylation sites (N-methyl/N-ethyl adjacent to an activating group) is 1. The summed E-state index contributed by atoms with van der Waals surface area (Å²) in [6.07, 6.45) is 3.34. The molecule has 10 heteroatoms. The van der Waals surface area contributed by atoms with Crippen molar-refractivity contribution in [1.29, 1.82) is 0 Å². The van der Waals surface area contributed by atoms with Gasteiger partial charge in [-0.3, -0.25) is 4.79 Å². The van der Waals surface area contributed by atoms with Gasteiger partial charge in [-0.05, 0) is 56.3 Å². The quantitative estimate of drug-likeness (QED) is 0.312. The van der Waals surface area contributed by atoms with Crippen LogP contribution in [0.15, 0.2) is 108 Å². The number of nitrogens with one attached hydrogen (secondary N) is 2. The van der Waals surface area contributed by atoms with Crippen LogP contribution in [0, 0.1) is 0 Å². The summed E-state index contributed by atoms with van der Waals surface area (Å²) in [6, 6.07) is 26.5. The van der Waals surface area contributed by atoms with E-state index >= 15 is 0 Å². The summed E-state index contributed by atoms with van der Waals surface area (Å²) < 4.78 is 0. The zero-order chi connectivity index (χ0) is 26.6. The van der Waals surface area contributed by atoms with Gasteiger partial charge in [-0.25, -0.2) is 9.97 Å². The van der Waals surface area contributed by atoms with Crippen LogP contribution < -0.4 is 10.2 Å². The Bertz CT molecular complexity index is 1420. The minimum atomic E-state index is -0.584. The predicted molar refractivity (Wildman–Crippen MR) is 148 cm³/mol. The van der Waals surface area contributed by atoms with Crippen molar-refractivity contribution in [1.82, 2.24) is 25.4 Å². The molecule has 0 aliphatic carbocycles. The van der Waals surface area contributed by atoms with Crippen molar-refractivity contribution in [3.8, 4) is 0 Å².